The molecule has 1 atom stereocenters. The average Bonchev–Trinajstić information content (AvgIpc) is 3.46. The van der Waals surface area contributed by atoms with Gasteiger partial charge in [0.2, 0.25) is 0 Å². The number of rotatable bonds is 13. The summed E-state index contributed by atoms with van der Waals surface area (Å²) in [6.45, 7) is -0.551. The molecular weight excluding hydrogens is 513 g/mol. The van der Waals surface area contributed by atoms with Crippen molar-refractivity contribution in [1.82, 2.24) is 5.32 Å². The van der Waals surface area contributed by atoms with Crippen molar-refractivity contribution >= 4 is 19.0 Å². The Balaban J connectivity index is 1.67. The van der Waals surface area contributed by atoms with Crippen molar-refractivity contribution < 1.29 is 27.9 Å². The van der Waals surface area contributed by atoms with Crippen molar-refractivity contribution in [3.05, 3.63) is 140 Å². The molecule has 0 saturated heterocycles. The van der Waals surface area contributed by atoms with E-state index in [1.807, 2.05) is 30.3 Å². The molecule has 0 radical (unpaired) electrons. The summed E-state index contributed by atoms with van der Waals surface area (Å²) in [6, 6.07) is 24.4. The van der Waals surface area contributed by atoms with Crippen molar-refractivity contribution in [3.8, 4) is 0 Å². The second-order valence-corrected chi connectivity index (χ2v) is 10.3. The van der Waals surface area contributed by atoms with E-state index >= 15 is 0 Å². The molecule has 11 nitrogen and oxygen atoms in total. The van der Waals surface area contributed by atoms with E-state index in [0.717, 1.165) is 5.56 Å². The van der Waals surface area contributed by atoms with Crippen LogP contribution in [0.1, 0.15) is 28.2 Å². The number of nitrogens with zero attached hydrogens (tertiary/aromatic N) is 2. The first kappa shape index (κ1) is 26.9. The largest absolute Gasteiger partial charge is 0.467 e. The van der Waals surface area contributed by atoms with Gasteiger partial charge >= 0.3 is 7.60 Å². The van der Waals surface area contributed by atoms with Crippen LogP contribution in [0.15, 0.2) is 102 Å². The summed E-state index contributed by atoms with van der Waals surface area (Å²) in [6.07, 6.45) is 1.40. The molecule has 0 aliphatic heterocycles. The standard InChI is InChI=1S/C26H24N3O8P/c30-28(31)23-13-6-4-11-21(23)18-36-38(34,37-19-22-12-5-7-14-24(22)29(32)33)26(25-15-8-16-35-25)27-17-20-9-2-1-3-10-20/h1-16,26-27H,17-19H2/t26-/m0/s1. The predicted octanol–water partition coefficient (Wildman–Crippen LogP) is 6.51. The molecule has 4 aromatic rings. The molecule has 0 spiro atoms. The van der Waals surface area contributed by atoms with Gasteiger partial charge in [0, 0.05) is 18.7 Å². The zero-order valence-corrected chi connectivity index (χ0v) is 20.9. The molecule has 38 heavy (non-hydrogen) atoms. The molecule has 0 unspecified atom stereocenters. The van der Waals surface area contributed by atoms with Crippen LogP contribution in [0.5, 0.6) is 0 Å². The summed E-state index contributed by atoms with van der Waals surface area (Å²) in [5.41, 5.74) is 0.851. The molecule has 1 N–H and O–H groups in total. The van der Waals surface area contributed by atoms with Crippen LogP contribution in [0.25, 0.3) is 0 Å². The van der Waals surface area contributed by atoms with Gasteiger partial charge in [0.15, 0.2) is 5.78 Å². The Labute approximate surface area is 217 Å². The SMILES string of the molecule is O=[N+]([O-])c1ccccc1COP(=O)(OCc1ccccc1[N+](=O)[O-])[C@H](NCc1ccccc1)c1ccco1. The number of nitrogens with one attached hydrogen (secondary N) is 1. The average molecular weight is 537 g/mol. The maximum atomic E-state index is 14.4. The van der Waals surface area contributed by atoms with E-state index in [-0.39, 0.29) is 34.8 Å². The molecule has 3 aromatic carbocycles. The highest BCUT2D eigenvalue weighted by atomic mass is 31.2. The first-order valence-electron chi connectivity index (χ1n) is 11.5. The van der Waals surface area contributed by atoms with Gasteiger partial charge in [-0.05, 0) is 29.8 Å². The highest BCUT2D eigenvalue weighted by molar-refractivity contribution is 7.54. The second kappa shape index (κ2) is 12.4. The minimum atomic E-state index is -4.24. The molecule has 1 heterocycles. The van der Waals surface area contributed by atoms with E-state index < -0.39 is 36.4 Å². The third-order valence-electron chi connectivity index (χ3n) is 5.65. The Morgan fingerprint density at radius 3 is 1.79 bits per heavy atom. The normalized spacial score (nSPS) is 12.2. The highest BCUT2D eigenvalue weighted by Crippen LogP contribution is 2.61. The minimum absolute atomic E-state index is 0.188. The molecule has 0 bridgehead atoms. The van der Waals surface area contributed by atoms with E-state index in [4.69, 9.17) is 13.5 Å². The molecule has 0 aliphatic carbocycles. The molecule has 0 fully saturated rings. The van der Waals surface area contributed by atoms with Gasteiger partial charge < -0.3 is 13.5 Å². The second-order valence-electron chi connectivity index (χ2n) is 8.14. The third-order valence-corrected chi connectivity index (χ3v) is 7.70. The quantitative estimate of drug-likeness (QED) is 0.114. The first-order chi connectivity index (χ1) is 18.4. The number of hydrogen-bond acceptors (Lipinski definition) is 9. The van der Waals surface area contributed by atoms with Crippen molar-refractivity contribution in [2.45, 2.75) is 25.5 Å². The Morgan fingerprint density at radius 2 is 1.29 bits per heavy atom. The van der Waals surface area contributed by atoms with Crippen molar-refractivity contribution in [2.75, 3.05) is 0 Å². The van der Waals surface area contributed by atoms with Crippen LogP contribution >= 0.6 is 7.60 Å². The summed E-state index contributed by atoms with van der Waals surface area (Å²) < 4.78 is 31.7. The number of para-hydroxylation sites is 2. The lowest BCUT2D eigenvalue weighted by atomic mass is 10.2. The van der Waals surface area contributed by atoms with Gasteiger partial charge in [-0.15, -0.1) is 0 Å². The number of nitro groups is 2. The molecule has 196 valence electrons. The fourth-order valence-electron chi connectivity index (χ4n) is 3.75. The number of nitro benzene ring substituents is 2. The van der Waals surface area contributed by atoms with Gasteiger partial charge in [0.25, 0.3) is 11.4 Å². The molecule has 0 saturated carbocycles. The van der Waals surface area contributed by atoms with Gasteiger partial charge in [-0.25, -0.2) is 0 Å². The lowest BCUT2D eigenvalue weighted by molar-refractivity contribution is -0.385. The van der Waals surface area contributed by atoms with Crippen LogP contribution in [0.2, 0.25) is 0 Å². The molecule has 1 aromatic heterocycles. The molecule has 0 amide bonds. The maximum absolute atomic E-state index is 14.4. The van der Waals surface area contributed by atoms with Gasteiger partial charge in [-0.3, -0.25) is 30.1 Å². The Morgan fingerprint density at radius 1 is 0.763 bits per heavy atom. The minimum Gasteiger partial charge on any atom is -0.467 e. The van der Waals surface area contributed by atoms with E-state index in [2.05, 4.69) is 5.32 Å². The Bertz CT molecular complexity index is 1360. The van der Waals surface area contributed by atoms with Gasteiger partial charge in [0.1, 0.15) is 5.76 Å². The van der Waals surface area contributed by atoms with Crippen molar-refractivity contribution in [2.24, 2.45) is 0 Å². The third kappa shape index (κ3) is 6.58. The zero-order chi connectivity index (χ0) is 27.0. The van der Waals surface area contributed by atoms with E-state index in [9.17, 15) is 24.8 Å². The van der Waals surface area contributed by atoms with Crippen LogP contribution in [0.3, 0.4) is 0 Å². The topological polar surface area (TPSA) is 147 Å². The van der Waals surface area contributed by atoms with Crippen LogP contribution in [0.4, 0.5) is 11.4 Å². The smallest absolute Gasteiger partial charge is 0.355 e. The summed E-state index contributed by atoms with van der Waals surface area (Å²) in [5.74, 6) is -0.877. The molecular formula is C26H24N3O8P. The summed E-state index contributed by atoms with van der Waals surface area (Å²) in [5, 5.41) is 26.1. The Kier molecular flexibility index (Phi) is 8.77. The van der Waals surface area contributed by atoms with E-state index in [0.29, 0.717) is 0 Å². The summed E-state index contributed by atoms with van der Waals surface area (Å²) >= 11 is 0. The number of hydrogen-bond donors (Lipinski definition) is 1. The monoisotopic (exact) mass is 537 g/mol. The highest BCUT2D eigenvalue weighted by Gasteiger charge is 2.40. The molecule has 12 heteroatoms. The lowest BCUT2D eigenvalue weighted by Crippen LogP contribution is -2.23. The summed E-state index contributed by atoms with van der Waals surface area (Å²) in [4.78, 5) is 21.9. The number of benzene rings is 3. The van der Waals surface area contributed by atoms with Crippen LogP contribution < -0.4 is 5.32 Å². The van der Waals surface area contributed by atoms with E-state index in [1.165, 1.54) is 42.7 Å². The summed E-state index contributed by atoms with van der Waals surface area (Å²) in [7, 11) is -4.24. The molecule has 4 rings (SSSR count). The lowest BCUT2D eigenvalue weighted by Gasteiger charge is -2.26. The van der Waals surface area contributed by atoms with Crippen LogP contribution in [0, 0.1) is 20.2 Å². The van der Waals surface area contributed by atoms with E-state index in [1.54, 1.807) is 24.3 Å². The van der Waals surface area contributed by atoms with Crippen molar-refractivity contribution in [1.29, 1.82) is 0 Å². The van der Waals surface area contributed by atoms with Gasteiger partial charge in [-0.2, -0.15) is 0 Å². The first-order valence-corrected chi connectivity index (χ1v) is 13.1. The van der Waals surface area contributed by atoms with Gasteiger partial charge in [0.05, 0.1) is 40.5 Å². The van der Waals surface area contributed by atoms with Crippen LogP contribution in [-0.2, 0) is 33.4 Å². The fraction of sp³-hybridized carbons (Fsp3) is 0.154. The fourth-order valence-corrected chi connectivity index (χ4v) is 5.54. The maximum Gasteiger partial charge on any atom is 0.355 e. The predicted molar refractivity (Wildman–Crippen MR) is 138 cm³/mol. The van der Waals surface area contributed by atoms with Crippen molar-refractivity contribution in [3.63, 3.8) is 0 Å². The number of furan rings is 1. The zero-order valence-electron chi connectivity index (χ0n) is 20.0. The van der Waals surface area contributed by atoms with Gasteiger partial charge in [-0.1, -0.05) is 54.6 Å². The molecule has 0 aliphatic rings. The van der Waals surface area contributed by atoms with Crippen LogP contribution in [-0.4, -0.2) is 9.85 Å². The Hall–Kier alpha value is -4.15.